The fourth-order valence-electron chi connectivity index (χ4n) is 2.82. The molecule has 148 valence electrons. The number of benzene rings is 3. The number of thioether (sulfide) groups is 1. The average molecular weight is 405 g/mol. The standard InChI is InChI=1S/C24H24N2O2S/c1-18-11-13-20(14-12-18)29-17-23(27)26-22-10-6-5-9-21(22)24(28)25-16-15-19-7-3-2-4-8-19/h2-14H,15-17H2,1H3,(H,25,28)(H,26,27). The van der Waals surface area contributed by atoms with E-state index >= 15 is 0 Å². The average Bonchev–Trinajstić information content (AvgIpc) is 2.74. The number of amides is 2. The van der Waals surface area contributed by atoms with Crippen molar-refractivity contribution in [1.29, 1.82) is 0 Å². The van der Waals surface area contributed by atoms with Gasteiger partial charge in [-0.2, -0.15) is 0 Å². The highest BCUT2D eigenvalue weighted by Crippen LogP contribution is 2.20. The molecule has 29 heavy (non-hydrogen) atoms. The monoisotopic (exact) mass is 404 g/mol. The summed E-state index contributed by atoms with van der Waals surface area (Å²) in [6.45, 7) is 2.57. The Morgan fingerprint density at radius 1 is 0.862 bits per heavy atom. The first-order chi connectivity index (χ1) is 14.1. The number of hydrogen-bond acceptors (Lipinski definition) is 3. The van der Waals surface area contributed by atoms with Crippen LogP contribution in [0.4, 0.5) is 5.69 Å². The third-order valence-corrected chi connectivity index (χ3v) is 5.39. The number of carbonyl (C=O) groups excluding carboxylic acids is 2. The highest BCUT2D eigenvalue weighted by molar-refractivity contribution is 8.00. The van der Waals surface area contributed by atoms with E-state index in [2.05, 4.69) is 10.6 Å². The van der Waals surface area contributed by atoms with Crippen molar-refractivity contribution in [2.75, 3.05) is 17.6 Å². The Morgan fingerprint density at radius 3 is 2.31 bits per heavy atom. The molecule has 2 N–H and O–H groups in total. The number of hydrogen-bond donors (Lipinski definition) is 2. The van der Waals surface area contributed by atoms with Crippen LogP contribution in [0.15, 0.2) is 83.8 Å². The number of carbonyl (C=O) groups is 2. The second-order valence-electron chi connectivity index (χ2n) is 6.69. The molecular formula is C24H24N2O2S. The van der Waals surface area contributed by atoms with Crippen LogP contribution in [0.25, 0.3) is 0 Å². The van der Waals surface area contributed by atoms with Gasteiger partial charge in [0.05, 0.1) is 17.0 Å². The van der Waals surface area contributed by atoms with E-state index in [1.54, 1.807) is 18.2 Å². The fraction of sp³-hybridized carbons (Fsp3) is 0.167. The quantitative estimate of drug-likeness (QED) is 0.535. The zero-order chi connectivity index (χ0) is 20.5. The lowest BCUT2D eigenvalue weighted by molar-refractivity contribution is -0.113. The second-order valence-corrected chi connectivity index (χ2v) is 7.74. The van der Waals surface area contributed by atoms with E-state index in [9.17, 15) is 9.59 Å². The van der Waals surface area contributed by atoms with Crippen LogP contribution in [-0.4, -0.2) is 24.1 Å². The van der Waals surface area contributed by atoms with Crippen LogP contribution in [0.3, 0.4) is 0 Å². The summed E-state index contributed by atoms with van der Waals surface area (Å²) in [6.07, 6.45) is 0.758. The predicted molar refractivity (Wildman–Crippen MR) is 119 cm³/mol. The van der Waals surface area contributed by atoms with Crippen molar-refractivity contribution in [2.45, 2.75) is 18.2 Å². The molecule has 0 saturated carbocycles. The SMILES string of the molecule is Cc1ccc(SCC(=O)Nc2ccccc2C(=O)NCCc2ccccc2)cc1. The third kappa shape index (κ3) is 6.50. The van der Waals surface area contributed by atoms with Gasteiger partial charge in [-0.1, -0.05) is 60.2 Å². The zero-order valence-corrected chi connectivity index (χ0v) is 17.2. The molecule has 0 aliphatic rings. The number of para-hydroxylation sites is 1. The molecule has 0 aromatic heterocycles. The summed E-state index contributed by atoms with van der Waals surface area (Å²) < 4.78 is 0. The minimum atomic E-state index is -0.192. The van der Waals surface area contributed by atoms with Crippen LogP contribution < -0.4 is 10.6 Å². The molecular weight excluding hydrogens is 380 g/mol. The first-order valence-corrected chi connectivity index (χ1v) is 10.5. The maximum absolute atomic E-state index is 12.6. The molecule has 0 unspecified atom stereocenters. The van der Waals surface area contributed by atoms with Gasteiger partial charge in [0, 0.05) is 11.4 Å². The topological polar surface area (TPSA) is 58.2 Å². The Morgan fingerprint density at radius 2 is 1.55 bits per heavy atom. The summed E-state index contributed by atoms with van der Waals surface area (Å²) in [4.78, 5) is 26.0. The number of anilines is 1. The second kappa shape index (κ2) is 10.5. The lowest BCUT2D eigenvalue weighted by Gasteiger charge is -2.11. The first kappa shape index (κ1) is 20.7. The van der Waals surface area contributed by atoms with Crippen molar-refractivity contribution in [3.05, 3.63) is 95.6 Å². The lowest BCUT2D eigenvalue weighted by Crippen LogP contribution is -2.27. The van der Waals surface area contributed by atoms with Crippen LogP contribution in [0.2, 0.25) is 0 Å². The molecule has 3 aromatic rings. The van der Waals surface area contributed by atoms with Crippen molar-refractivity contribution in [2.24, 2.45) is 0 Å². The summed E-state index contributed by atoms with van der Waals surface area (Å²) >= 11 is 1.47. The Labute approximate surface area is 175 Å². The van der Waals surface area contributed by atoms with Gasteiger partial charge in [-0.25, -0.2) is 0 Å². The highest BCUT2D eigenvalue weighted by atomic mass is 32.2. The van der Waals surface area contributed by atoms with Crippen LogP contribution >= 0.6 is 11.8 Å². The van der Waals surface area contributed by atoms with E-state index in [1.807, 2.05) is 67.6 Å². The van der Waals surface area contributed by atoms with Crippen LogP contribution in [-0.2, 0) is 11.2 Å². The van der Waals surface area contributed by atoms with Gasteiger partial charge in [0.1, 0.15) is 0 Å². The first-order valence-electron chi connectivity index (χ1n) is 9.52. The van der Waals surface area contributed by atoms with Gasteiger partial charge < -0.3 is 10.6 Å². The van der Waals surface area contributed by atoms with E-state index in [4.69, 9.17) is 0 Å². The molecule has 2 amide bonds. The Kier molecular flexibility index (Phi) is 7.47. The lowest BCUT2D eigenvalue weighted by atomic mass is 10.1. The molecule has 0 bridgehead atoms. The van der Waals surface area contributed by atoms with E-state index in [0.717, 1.165) is 11.3 Å². The number of nitrogens with one attached hydrogen (secondary N) is 2. The summed E-state index contributed by atoms with van der Waals surface area (Å²) in [6, 6.07) is 25.1. The van der Waals surface area contributed by atoms with Gasteiger partial charge in [-0.3, -0.25) is 9.59 Å². The minimum Gasteiger partial charge on any atom is -0.352 e. The zero-order valence-electron chi connectivity index (χ0n) is 16.4. The van der Waals surface area contributed by atoms with E-state index in [1.165, 1.54) is 22.9 Å². The van der Waals surface area contributed by atoms with Crippen molar-refractivity contribution in [3.63, 3.8) is 0 Å². The molecule has 3 aromatic carbocycles. The van der Waals surface area contributed by atoms with Gasteiger partial charge in [0.25, 0.3) is 5.91 Å². The molecule has 4 nitrogen and oxygen atoms in total. The summed E-state index contributed by atoms with van der Waals surface area (Å²) in [5.41, 5.74) is 3.35. The number of rotatable bonds is 8. The van der Waals surface area contributed by atoms with E-state index in [0.29, 0.717) is 17.8 Å². The van der Waals surface area contributed by atoms with Crippen molar-refractivity contribution in [3.8, 4) is 0 Å². The van der Waals surface area contributed by atoms with Gasteiger partial charge >= 0.3 is 0 Å². The Hall–Kier alpha value is -3.05. The van der Waals surface area contributed by atoms with Gasteiger partial charge in [0.15, 0.2) is 0 Å². The summed E-state index contributed by atoms with van der Waals surface area (Å²) in [7, 11) is 0. The maximum atomic E-state index is 12.6. The largest absolute Gasteiger partial charge is 0.352 e. The fourth-order valence-corrected chi connectivity index (χ4v) is 3.52. The highest BCUT2D eigenvalue weighted by Gasteiger charge is 2.13. The smallest absolute Gasteiger partial charge is 0.253 e. The molecule has 3 rings (SSSR count). The molecule has 0 atom stereocenters. The molecule has 0 aliphatic carbocycles. The van der Waals surface area contributed by atoms with Crippen LogP contribution in [0.1, 0.15) is 21.5 Å². The molecule has 0 fully saturated rings. The molecule has 0 heterocycles. The predicted octanol–water partition coefficient (Wildman–Crippen LogP) is 4.70. The molecule has 0 saturated heterocycles. The third-order valence-electron chi connectivity index (χ3n) is 4.38. The minimum absolute atomic E-state index is 0.139. The summed E-state index contributed by atoms with van der Waals surface area (Å²) in [5, 5.41) is 5.79. The maximum Gasteiger partial charge on any atom is 0.253 e. The molecule has 0 radical (unpaired) electrons. The van der Waals surface area contributed by atoms with E-state index in [-0.39, 0.29) is 17.6 Å². The van der Waals surface area contributed by atoms with Gasteiger partial charge in [-0.05, 0) is 43.2 Å². The molecule has 0 aliphatic heterocycles. The van der Waals surface area contributed by atoms with E-state index < -0.39 is 0 Å². The van der Waals surface area contributed by atoms with Gasteiger partial charge in [-0.15, -0.1) is 11.8 Å². The van der Waals surface area contributed by atoms with Crippen molar-refractivity contribution in [1.82, 2.24) is 5.32 Å². The molecule has 5 heteroatoms. The van der Waals surface area contributed by atoms with Crippen LogP contribution in [0, 0.1) is 6.92 Å². The van der Waals surface area contributed by atoms with Gasteiger partial charge in [0.2, 0.25) is 5.91 Å². The van der Waals surface area contributed by atoms with Crippen molar-refractivity contribution >= 4 is 29.3 Å². The summed E-state index contributed by atoms with van der Waals surface area (Å²) in [5.74, 6) is -0.0457. The Bertz CT molecular complexity index is 956. The normalized spacial score (nSPS) is 10.4. The number of aryl methyl sites for hydroxylation is 1. The Balaban J connectivity index is 1.54. The van der Waals surface area contributed by atoms with Crippen molar-refractivity contribution < 1.29 is 9.59 Å². The molecule has 0 spiro atoms. The van der Waals surface area contributed by atoms with Crippen LogP contribution in [0.5, 0.6) is 0 Å².